The van der Waals surface area contributed by atoms with E-state index in [0.717, 1.165) is 11.3 Å². The molecule has 8 nitrogen and oxygen atoms in total. The third-order valence-corrected chi connectivity index (χ3v) is 6.08. The molecule has 0 N–H and O–H groups in total. The number of ether oxygens (including phenoxy) is 1. The van der Waals surface area contributed by atoms with Crippen LogP contribution in [0.4, 0.5) is 0 Å². The molecule has 1 saturated heterocycles. The Morgan fingerprint density at radius 2 is 1.88 bits per heavy atom. The number of piperazine rings is 1. The Bertz CT molecular complexity index is 1210. The number of amides is 2. The molecule has 0 radical (unpaired) electrons. The Morgan fingerprint density at radius 1 is 1.09 bits per heavy atom. The van der Waals surface area contributed by atoms with Crippen LogP contribution in [-0.2, 0) is 0 Å². The Labute approximate surface area is 197 Å². The Balaban J connectivity index is 1.49. The van der Waals surface area contributed by atoms with Gasteiger partial charge in [0.15, 0.2) is 0 Å². The Hall–Kier alpha value is -3.39. The molecule has 2 heterocycles. The van der Waals surface area contributed by atoms with Gasteiger partial charge in [-0.05, 0) is 56.7 Å². The van der Waals surface area contributed by atoms with Gasteiger partial charge >= 0.3 is 0 Å². The van der Waals surface area contributed by atoms with Gasteiger partial charge in [0.25, 0.3) is 11.8 Å². The van der Waals surface area contributed by atoms with Crippen molar-refractivity contribution in [2.45, 2.75) is 26.3 Å². The monoisotopic (exact) mass is 467 g/mol. The first-order chi connectivity index (χ1) is 15.7. The highest BCUT2D eigenvalue weighted by atomic mass is 35.5. The Morgan fingerprint density at radius 3 is 2.58 bits per heavy atom. The van der Waals surface area contributed by atoms with E-state index in [9.17, 15) is 9.59 Å². The molecule has 0 unspecified atom stereocenters. The van der Waals surface area contributed by atoms with Crippen molar-refractivity contribution >= 4 is 23.4 Å². The molecule has 33 heavy (non-hydrogen) atoms. The van der Waals surface area contributed by atoms with E-state index in [-0.39, 0.29) is 17.6 Å². The van der Waals surface area contributed by atoms with Crippen molar-refractivity contribution in [1.82, 2.24) is 24.6 Å². The van der Waals surface area contributed by atoms with Gasteiger partial charge in [-0.15, -0.1) is 5.10 Å². The van der Waals surface area contributed by atoms with E-state index in [1.165, 1.54) is 11.0 Å². The number of hydrogen-bond acceptors (Lipinski definition) is 5. The molecule has 9 heteroatoms. The van der Waals surface area contributed by atoms with Crippen molar-refractivity contribution in [1.29, 1.82) is 0 Å². The molecule has 2 aromatic carbocycles. The van der Waals surface area contributed by atoms with Gasteiger partial charge in [-0.2, -0.15) is 0 Å². The second kappa shape index (κ2) is 8.86. The van der Waals surface area contributed by atoms with Crippen molar-refractivity contribution in [3.63, 3.8) is 0 Å². The summed E-state index contributed by atoms with van der Waals surface area (Å²) >= 11 is 6.06. The van der Waals surface area contributed by atoms with Crippen LogP contribution in [0.15, 0.2) is 48.8 Å². The maximum atomic E-state index is 13.2. The second-order valence-corrected chi connectivity index (χ2v) is 9.11. The quantitative estimate of drug-likeness (QED) is 0.585. The lowest BCUT2D eigenvalue weighted by Gasteiger charge is -2.46. The van der Waals surface area contributed by atoms with Gasteiger partial charge in [-0.1, -0.05) is 23.7 Å². The number of methoxy groups -OCH3 is 1. The lowest BCUT2D eigenvalue weighted by atomic mass is 9.97. The average molecular weight is 468 g/mol. The second-order valence-electron chi connectivity index (χ2n) is 8.67. The molecule has 1 aliphatic heterocycles. The summed E-state index contributed by atoms with van der Waals surface area (Å²) in [4.78, 5) is 34.1. The summed E-state index contributed by atoms with van der Waals surface area (Å²) in [6.45, 7) is 7.00. The van der Waals surface area contributed by atoms with E-state index in [1.54, 1.807) is 41.2 Å². The third kappa shape index (κ3) is 4.57. The number of carbonyl (C=O) groups is 2. The topological polar surface area (TPSA) is 80.6 Å². The summed E-state index contributed by atoms with van der Waals surface area (Å²) in [5.41, 5.74) is 1.66. The molecule has 2 amide bonds. The van der Waals surface area contributed by atoms with Crippen LogP contribution in [-0.4, -0.2) is 68.7 Å². The van der Waals surface area contributed by atoms with Crippen molar-refractivity contribution in [3.05, 3.63) is 70.8 Å². The number of aromatic nitrogens is 3. The molecule has 3 aromatic rings. The highest BCUT2D eigenvalue weighted by Crippen LogP contribution is 2.26. The lowest BCUT2D eigenvalue weighted by molar-refractivity contribution is 0.0160. The average Bonchev–Trinajstić information content (AvgIpc) is 3.28. The number of carbonyl (C=O) groups excluding carboxylic acids is 2. The van der Waals surface area contributed by atoms with Gasteiger partial charge in [0.1, 0.15) is 12.1 Å². The largest absolute Gasteiger partial charge is 0.496 e. The fourth-order valence-electron chi connectivity index (χ4n) is 4.07. The summed E-state index contributed by atoms with van der Waals surface area (Å²) in [5.74, 6) is 0.420. The van der Waals surface area contributed by atoms with Gasteiger partial charge in [-0.25, -0.2) is 9.67 Å². The molecule has 0 bridgehead atoms. The van der Waals surface area contributed by atoms with Crippen molar-refractivity contribution in [2.24, 2.45) is 0 Å². The number of benzene rings is 2. The first-order valence-electron chi connectivity index (χ1n) is 10.6. The smallest absolute Gasteiger partial charge is 0.294 e. The molecule has 0 saturated carbocycles. The van der Waals surface area contributed by atoms with Gasteiger partial charge in [0.05, 0.1) is 18.3 Å². The van der Waals surface area contributed by atoms with Gasteiger partial charge < -0.3 is 14.5 Å². The van der Waals surface area contributed by atoms with E-state index in [1.807, 2.05) is 39.0 Å². The normalized spacial score (nSPS) is 15.4. The number of halogens is 1. The Kier molecular flexibility index (Phi) is 6.12. The van der Waals surface area contributed by atoms with Crippen LogP contribution in [0.2, 0.25) is 5.02 Å². The summed E-state index contributed by atoms with van der Waals surface area (Å²) in [5, 5.41) is 4.93. The van der Waals surface area contributed by atoms with Crippen LogP contribution in [0, 0.1) is 6.92 Å². The van der Waals surface area contributed by atoms with Crippen LogP contribution in [0.5, 0.6) is 5.75 Å². The highest BCUT2D eigenvalue weighted by Gasteiger charge is 2.40. The molecular weight excluding hydrogens is 442 g/mol. The van der Waals surface area contributed by atoms with E-state index in [4.69, 9.17) is 16.3 Å². The fraction of sp³-hybridized carbons (Fsp3) is 0.333. The minimum atomic E-state index is -0.596. The van der Waals surface area contributed by atoms with E-state index >= 15 is 0 Å². The number of rotatable bonds is 4. The predicted octanol–water partition coefficient (Wildman–Crippen LogP) is 3.61. The first-order valence-corrected chi connectivity index (χ1v) is 11.0. The van der Waals surface area contributed by atoms with Crippen molar-refractivity contribution in [2.75, 3.05) is 26.7 Å². The predicted molar refractivity (Wildman–Crippen MR) is 125 cm³/mol. The van der Waals surface area contributed by atoms with Crippen LogP contribution >= 0.6 is 11.6 Å². The zero-order valence-electron chi connectivity index (χ0n) is 19.1. The van der Waals surface area contributed by atoms with Crippen molar-refractivity contribution in [3.8, 4) is 11.4 Å². The first kappa shape index (κ1) is 22.8. The molecule has 0 aliphatic carbocycles. The minimum Gasteiger partial charge on any atom is -0.496 e. The highest BCUT2D eigenvalue weighted by molar-refractivity contribution is 6.30. The zero-order chi connectivity index (χ0) is 23.8. The SMILES string of the molecule is COc1cc(C(=O)N2CCN(C(=O)c3ncn(-c4cccc(Cl)c4)n3)C(C)(C)C2)ccc1C. The van der Waals surface area contributed by atoms with Crippen LogP contribution < -0.4 is 4.74 Å². The van der Waals surface area contributed by atoms with Crippen LogP contribution in [0.25, 0.3) is 5.69 Å². The van der Waals surface area contributed by atoms with Gasteiger partial charge in [0.2, 0.25) is 5.82 Å². The van der Waals surface area contributed by atoms with Crippen molar-refractivity contribution < 1.29 is 14.3 Å². The standard InChI is InChI=1S/C24H26ClN5O3/c1-16-8-9-17(12-20(16)33-4)22(31)28-10-11-29(24(2,3)14-28)23(32)21-26-15-30(27-21)19-7-5-6-18(25)13-19/h5-9,12-13,15H,10-11,14H2,1-4H3. The molecule has 0 atom stereocenters. The molecule has 0 spiro atoms. The molecule has 1 aromatic heterocycles. The molecule has 4 rings (SSSR count). The third-order valence-electron chi connectivity index (χ3n) is 5.85. The molecule has 1 fully saturated rings. The van der Waals surface area contributed by atoms with Gasteiger partial charge in [0, 0.05) is 30.2 Å². The maximum Gasteiger partial charge on any atom is 0.294 e. The summed E-state index contributed by atoms with van der Waals surface area (Å²) in [7, 11) is 1.59. The number of hydrogen-bond donors (Lipinski definition) is 0. The summed E-state index contributed by atoms with van der Waals surface area (Å²) < 4.78 is 6.88. The molecule has 172 valence electrons. The zero-order valence-corrected chi connectivity index (χ0v) is 19.8. The fourth-order valence-corrected chi connectivity index (χ4v) is 4.25. The molecule has 1 aliphatic rings. The summed E-state index contributed by atoms with van der Waals surface area (Å²) in [6, 6.07) is 12.6. The van der Waals surface area contributed by atoms with E-state index in [0.29, 0.717) is 36.0 Å². The van der Waals surface area contributed by atoms with Crippen LogP contribution in [0.1, 0.15) is 40.4 Å². The van der Waals surface area contributed by atoms with E-state index in [2.05, 4.69) is 10.1 Å². The number of aryl methyl sites for hydroxylation is 1. The van der Waals surface area contributed by atoms with Gasteiger partial charge in [-0.3, -0.25) is 9.59 Å². The number of nitrogens with zero attached hydrogens (tertiary/aromatic N) is 5. The summed E-state index contributed by atoms with van der Waals surface area (Å²) in [6.07, 6.45) is 1.50. The maximum absolute atomic E-state index is 13.2. The minimum absolute atomic E-state index is 0.0863. The molecular formula is C24H26ClN5O3. The van der Waals surface area contributed by atoms with Crippen LogP contribution in [0.3, 0.4) is 0 Å². The lowest BCUT2D eigenvalue weighted by Crippen LogP contribution is -2.62. The van der Waals surface area contributed by atoms with E-state index < -0.39 is 5.54 Å².